The first kappa shape index (κ1) is 24.7. The van der Waals surface area contributed by atoms with Crippen molar-refractivity contribution in [2.24, 2.45) is 0 Å². The first-order chi connectivity index (χ1) is 16.7. The molecule has 4 aromatic rings. The number of amides is 1. The molecule has 0 fully saturated rings. The van der Waals surface area contributed by atoms with Crippen LogP contribution in [-0.4, -0.2) is 20.1 Å². The molecule has 0 aliphatic heterocycles. The average molecular weight is 570 g/mol. The number of rotatable bonds is 7. The minimum Gasteiger partial charge on any atom is -0.321 e. The van der Waals surface area contributed by atoms with Gasteiger partial charge >= 0.3 is 0 Å². The Kier molecular flexibility index (Phi) is 7.35. The number of anilines is 2. The Labute approximate surface area is 216 Å². The van der Waals surface area contributed by atoms with E-state index in [1.807, 2.05) is 0 Å². The van der Waals surface area contributed by atoms with E-state index in [4.69, 9.17) is 11.6 Å². The molecule has 0 saturated heterocycles. The smallest absolute Gasteiger partial charge is 0.261 e. The van der Waals surface area contributed by atoms with Crippen molar-refractivity contribution in [3.05, 3.63) is 123 Å². The lowest BCUT2D eigenvalue weighted by molar-refractivity contribution is 0.102. The number of carbonyl (C=O) groups is 2. The van der Waals surface area contributed by atoms with Gasteiger partial charge in [-0.25, -0.2) is 8.42 Å². The van der Waals surface area contributed by atoms with Crippen molar-refractivity contribution in [2.75, 3.05) is 10.0 Å². The summed E-state index contributed by atoms with van der Waals surface area (Å²) in [7, 11) is -3.75. The molecular weight excluding hydrogens is 552 g/mol. The molecule has 0 bridgehead atoms. The molecule has 6 nitrogen and oxygen atoms in total. The molecule has 0 spiro atoms. The van der Waals surface area contributed by atoms with Crippen LogP contribution in [0.1, 0.15) is 26.3 Å². The summed E-state index contributed by atoms with van der Waals surface area (Å²) in [5.41, 5.74) is 1.50. The largest absolute Gasteiger partial charge is 0.321 e. The van der Waals surface area contributed by atoms with Crippen LogP contribution < -0.4 is 10.0 Å². The first-order valence-electron chi connectivity index (χ1n) is 10.3. The third-order valence-corrected chi connectivity index (χ3v) is 7.27. The first-order valence-corrected chi connectivity index (χ1v) is 13.0. The van der Waals surface area contributed by atoms with Gasteiger partial charge in [-0.1, -0.05) is 57.9 Å². The summed E-state index contributed by atoms with van der Waals surface area (Å²) in [6.07, 6.45) is 0. The van der Waals surface area contributed by atoms with Crippen LogP contribution in [0, 0.1) is 0 Å². The molecule has 0 saturated carbocycles. The molecule has 2 N–H and O–H groups in total. The highest BCUT2D eigenvalue weighted by molar-refractivity contribution is 9.10. The monoisotopic (exact) mass is 568 g/mol. The number of sulfonamides is 1. The Bertz CT molecular complexity index is 1510. The molecule has 0 radical (unpaired) electrons. The van der Waals surface area contributed by atoms with E-state index in [9.17, 15) is 18.0 Å². The summed E-state index contributed by atoms with van der Waals surface area (Å²) >= 11 is 9.56. The Balaban J connectivity index is 1.54. The lowest BCUT2D eigenvalue weighted by Gasteiger charge is -2.13. The normalized spacial score (nSPS) is 11.0. The van der Waals surface area contributed by atoms with Gasteiger partial charge in [0.15, 0.2) is 5.78 Å². The molecule has 176 valence electrons. The van der Waals surface area contributed by atoms with E-state index in [1.54, 1.807) is 60.7 Å². The van der Waals surface area contributed by atoms with Crippen LogP contribution in [-0.2, 0) is 10.0 Å². The van der Waals surface area contributed by atoms with Crippen LogP contribution in [0.5, 0.6) is 0 Å². The fourth-order valence-electron chi connectivity index (χ4n) is 3.30. The van der Waals surface area contributed by atoms with Crippen molar-refractivity contribution in [2.45, 2.75) is 4.90 Å². The molecule has 9 heteroatoms. The minimum absolute atomic E-state index is 0.132. The van der Waals surface area contributed by atoms with Crippen molar-refractivity contribution in [3.8, 4) is 0 Å². The molecule has 0 aliphatic rings. The maximum absolute atomic E-state index is 13.1. The number of halogens is 2. The van der Waals surface area contributed by atoms with Gasteiger partial charge in [-0.05, 0) is 66.7 Å². The molecule has 4 aromatic carbocycles. The van der Waals surface area contributed by atoms with Gasteiger partial charge < -0.3 is 5.32 Å². The van der Waals surface area contributed by atoms with Gasteiger partial charge in [-0.15, -0.1) is 0 Å². The number of hydrogen-bond donors (Lipinski definition) is 2. The summed E-state index contributed by atoms with van der Waals surface area (Å²) in [5.74, 6) is -0.795. The summed E-state index contributed by atoms with van der Waals surface area (Å²) in [5, 5.41) is 3.06. The highest BCUT2D eigenvalue weighted by Crippen LogP contribution is 2.27. The van der Waals surface area contributed by atoms with Crippen LogP contribution in [0.3, 0.4) is 0 Å². The molecule has 0 atom stereocenters. The number of benzene rings is 4. The number of carbonyl (C=O) groups excluding carboxylic acids is 2. The van der Waals surface area contributed by atoms with Crippen LogP contribution >= 0.6 is 27.5 Å². The van der Waals surface area contributed by atoms with Gasteiger partial charge in [0, 0.05) is 26.9 Å². The zero-order valence-corrected chi connectivity index (χ0v) is 21.2. The van der Waals surface area contributed by atoms with E-state index in [1.165, 1.54) is 36.4 Å². The quantitative estimate of drug-likeness (QED) is 0.252. The summed E-state index contributed by atoms with van der Waals surface area (Å²) in [6, 6.07) is 25.6. The Hall–Kier alpha value is -3.46. The molecule has 4 rings (SSSR count). The molecule has 0 aromatic heterocycles. The summed E-state index contributed by atoms with van der Waals surface area (Å²) in [4.78, 5) is 26.2. The second-order valence-electron chi connectivity index (χ2n) is 7.45. The van der Waals surface area contributed by atoms with Crippen molar-refractivity contribution in [1.29, 1.82) is 0 Å². The fraction of sp³-hybridized carbons (Fsp3) is 0. The molecule has 35 heavy (non-hydrogen) atoms. The molecular formula is C26H18BrClN2O4S. The van der Waals surface area contributed by atoms with Crippen molar-refractivity contribution >= 4 is 60.6 Å². The van der Waals surface area contributed by atoms with E-state index >= 15 is 0 Å². The zero-order valence-electron chi connectivity index (χ0n) is 18.0. The third kappa shape index (κ3) is 5.79. The van der Waals surface area contributed by atoms with Crippen LogP contribution in [0.15, 0.2) is 106 Å². The van der Waals surface area contributed by atoms with E-state index < -0.39 is 15.9 Å². The van der Waals surface area contributed by atoms with Crippen LogP contribution in [0.4, 0.5) is 11.4 Å². The van der Waals surface area contributed by atoms with Crippen LogP contribution in [0.25, 0.3) is 0 Å². The zero-order chi connectivity index (χ0) is 25.0. The topological polar surface area (TPSA) is 92.3 Å². The minimum atomic E-state index is -3.75. The summed E-state index contributed by atoms with van der Waals surface area (Å²) < 4.78 is 28.1. The maximum atomic E-state index is 13.1. The third-order valence-electron chi connectivity index (χ3n) is 5.05. The lowest BCUT2D eigenvalue weighted by atomic mass is 10.0. The second-order valence-corrected chi connectivity index (χ2v) is 10.5. The predicted molar refractivity (Wildman–Crippen MR) is 141 cm³/mol. The maximum Gasteiger partial charge on any atom is 0.261 e. The van der Waals surface area contributed by atoms with Crippen molar-refractivity contribution in [3.63, 3.8) is 0 Å². The molecule has 0 aliphatic carbocycles. The van der Waals surface area contributed by atoms with Crippen LogP contribution in [0.2, 0.25) is 5.02 Å². The highest BCUT2D eigenvalue weighted by atomic mass is 79.9. The second kappa shape index (κ2) is 10.4. The van der Waals surface area contributed by atoms with Gasteiger partial charge in [0.05, 0.1) is 15.6 Å². The Morgan fingerprint density at radius 3 is 2.11 bits per heavy atom. The molecule has 0 unspecified atom stereocenters. The SMILES string of the molecule is O=C(Nc1ccc(Br)cc1C(=O)c1ccccc1Cl)c1ccc(NS(=O)(=O)c2ccccc2)cc1. The van der Waals surface area contributed by atoms with Gasteiger partial charge in [0.25, 0.3) is 15.9 Å². The number of ketones is 1. The fourth-order valence-corrected chi connectivity index (χ4v) is 4.96. The van der Waals surface area contributed by atoms with Gasteiger partial charge in [-0.3, -0.25) is 14.3 Å². The standard InChI is InChI=1S/C26H18BrClN2O4S/c27-18-12-15-24(22(16-18)25(31)21-8-4-5-9-23(21)28)29-26(32)17-10-13-19(14-11-17)30-35(33,34)20-6-2-1-3-7-20/h1-16,30H,(H,29,32). The van der Waals surface area contributed by atoms with Gasteiger partial charge in [0.2, 0.25) is 0 Å². The van der Waals surface area contributed by atoms with Gasteiger partial charge in [0.1, 0.15) is 0 Å². The lowest BCUT2D eigenvalue weighted by Crippen LogP contribution is -2.16. The van der Waals surface area contributed by atoms with E-state index in [2.05, 4.69) is 26.0 Å². The number of hydrogen-bond acceptors (Lipinski definition) is 4. The van der Waals surface area contributed by atoms with E-state index in [0.29, 0.717) is 26.4 Å². The average Bonchev–Trinajstić information content (AvgIpc) is 2.86. The Morgan fingerprint density at radius 1 is 0.771 bits per heavy atom. The number of nitrogens with one attached hydrogen (secondary N) is 2. The van der Waals surface area contributed by atoms with E-state index in [0.717, 1.165) is 0 Å². The van der Waals surface area contributed by atoms with Gasteiger partial charge in [-0.2, -0.15) is 0 Å². The highest BCUT2D eigenvalue weighted by Gasteiger charge is 2.19. The summed E-state index contributed by atoms with van der Waals surface area (Å²) in [6.45, 7) is 0. The van der Waals surface area contributed by atoms with Crippen molar-refractivity contribution < 1.29 is 18.0 Å². The molecule has 1 amide bonds. The molecule has 0 heterocycles. The predicted octanol–water partition coefficient (Wildman–Crippen LogP) is 6.39. The van der Waals surface area contributed by atoms with Crippen molar-refractivity contribution in [1.82, 2.24) is 0 Å². The van der Waals surface area contributed by atoms with E-state index in [-0.39, 0.29) is 21.8 Å². The Morgan fingerprint density at radius 2 is 1.43 bits per heavy atom.